The molecular weight excluding hydrogens is 248 g/mol. The number of anilines is 2. The third-order valence-corrected chi connectivity index (χ3v) is 2.62. The molecule has 0 amide bonds. The zero-order valence-corrected chi connectivity index (χ0v) is 11.5. The predicted molar refractivity (Wildman–Crippen MR) is 74.2 cm³/mol. The summed E-state index contributed by atoms with van der Waals surface area (Å²) >= 11 is 0. The van der Waals surface area contributed by atoms with Gasteiger partial charge in [-0.15, -0.1) is 0 Å². The molecule has 0 aliphatic carbocycles. The average molecular weight is 268 g/mol. The summed E-state index contributed by atoms with van der Waals surface area (Å²) in [7, 11) is 3.90. The average Bonchev–Trinajstić information content (AvgIpc) is 2.33. The predicted octanol–water partition coefficient (Wildman–Crippen LogP) is 0.745. The highest BCUT2D eigenvalue weighted by atomic mass is 16.6. The molecule has 8 heteroatoms. The maximum atomic E-state index is 11.1. The number of nitrogens with zero attached hydrogens (tertiary/aromatic N) is 5. The Hall–Kier alpha value is -1.96. The van der Waals surface area contributed by atoms with Crippen LogP contribution < -0.4 is 10.6 Å². The Balaban J connectivity index is 3.07. The second kappa shape index (κ2) is 6.83. The highest BCUT2D eigenvalue weighted by Crippen LogP contribution is 2.29. The van der Waals surface area contributed by atoms with E-state index in [-0.39, 0.29) is 11.5 Å². The summed E-state index contributed by atoms with van der Waals surface area (Å²) in [6.45, 7) is 4.13. The Bertz CT molecular complexity index is 437. The number of hydrogen-bond acceptors (Lipinski definition) is 7. The number of aromatic nitrogens is 2. The lowest BCUT2D eigenvalue weighted by Crippen LogP contribution is -2.33. The van der Waals surface area contributed by atoms with Crippen LogP contribution in [0.25, 0.3) is 0 Å². The van der Waals surface area contributed by atoms with E-state index < -0.39 is 4.92 Å². The molecule has 0 spiro atoms. The Morgan fingerprint density at radius 2 is 2.00 bits per heavy atom. The third kappa shape index (κ3) is 4.02. The molecule has 106 valence electrons. The fourth-order valence-corrected chi connectivity index (χ4v) is 1.70. The van der Waals surface area contributed by atoms with Gasteiger partial charge in [-0.2, -0.15) is 0 Å². The maximum Gasteiger partial charge on any atom is 0.353 e. The molecule has 19 heavy (non-hydrogen) atoms. The largest absolute Gasteiger partial charge is 0.378 e. The molecule has 0 saturated carbocycles. The lowest BCUT2D eigenvalue weighted by molar-refractivity contribution is -0.383. The van der Waals surface area contributed by atoms with Crippen LogP contribution in [-0.4, -0.2) is 53.5 Å². The van der Waals surface area contributed by atoms with Crippen molar-refractivity contribution in [2.45, 2.75) is 13.3 Å². The van der Waals surface area contributed by atoms with Gasteiger partial charge in [-0.1, -0.05) is 6.92 Å². The van der Waals surface area contributed by atoms with E-state index in [1.54, 1.807) is 0 Å². The molecule has 1 aromatic rings. The standard InChI is InChI=1S/C11H20N6O2/c1-4-5-16(7-6-15(2)3)11-9(17(18)19)10(12)13-8-14-11/h8H,4-7H2,1-3H3,(H2,12,13,14). The van der Waals surface area contributed by atoms with Crippen LogP contribution in [-0.2, 0) is 0 Å². The van der Waals surface area contributed by atoms with Gasteiger partial charge in [-0.25, -0.2) is 9.97 Å². The Kier molecular flexibility index (Phi) is 5.43. The van der Waals surface area contributed by atoms with Crippen LogP contribution in [0.1, 0.15) is 13.3 Å². The molecule has 0 radical (unpaired) electrons. The number of rotatable bonds is 7. The van der Waals surface area contributed by atoms with Gasteiger partial charge in [0, 0.05) is 19.6 Å². The van der Waals surface area contributed by atoms with Crippen molar-refractivity contribution in [2.75, 3.05) is 44.4 Å². The number of nitro groups is 1. The van der Waals surface area contributed by atoms with Crippen LogP contribution in [0.2, 0.25) is 0 Å². The zero-order chi connectivity index (χ0) is 14.4. The van der Waals surface area contributed by atoms with Gasteiger partial charge >= 0.3 is 5.69 Å². The molecule has 1 aromatic heterocycles. The molecular formula is C11H20N6O2. The number of hydrogen-bond donors (Lipinski definition) is 1. The van der Waals surface area contributed by atoms with E-state index >= 15 is 0 Å². The second-order valence-electron chi connectivity index (χ2n) is 4.48. The molecule has 0 saturated heterocycles. The van der Waals surface area contributed by atoms with Crippen LogP contribution >= 0.6 is 0 Å². The third-order valence-electron chi connectivity index (χ3n) is 2.62. The number of nitrogen functional groups attached to an aromatic ring is 1. The molecule has 0 fully saturated rings. The van der Waals surface area contributed by atoms with E-state index in [0.29, 0.717) is 18.9 Å². The van der Waals surface area contributed by atoms with Gasteiger partial charge in [0.25, 0.3) is 0 Å². The first-order chi connectivity index (χ1) is 8.97. The molecule has 1 rings (SSSR count). The molecule has 0 aromatic carbocycles. The highest BCUT2D eigenvalue weighted by Gasteiger charge is 2.25. The van der Waals surface area contributed by atoms with Crippen molar-refractivity contribution >= 4 is 17.3 Å². The van der Waals surface area contributed by atoms with E-state index in [2.05, 4.69) is 9.97 Å². The lowest BCUT2D eigenvalue weighted by Gasteiger charge is -2.24. The van der Waals surface area contributed by atoms with Gasteiger partial charge in [-0.05, 0) is 20.5 Å². The highest BCUT2D eigenvalue weighted by molar-refractivity contribution is 5.68. The van der Waals surface area contributed by atoms with Crippen LogP contribution in [0.15, 0.2) is 6.33 Å². The fraction of sp³-hybridized carbons (Fsp3) is 0.636. The van der Waals surface area contributed by atoms with Crippen molar-refractivity contribution in [3.05, 3.63) is 16.4 Å². The minimum absolute atomic E-state index is 0.0963. The summed E-state index contributed by atoms with van der Waals surface area (Å²) in [4.78, 5) is 22.2. The van der Waals surface area contributed by atoms with Crippen molar-refractivity contribution in [2.24, 2.45) is 0 Å². The minimum atomic E-state index is -0.525. The monoisotopic (exact) mass is 268 g/mol. The second-order valence-corrected chi connectivity index (χ2v) is 4.48. The van der Waals surface area contributed by atoms with Gasteiger partial charge in [-0.3, -0.25) is 10.1 Å². The molecule has 0 bridgehead atoms. The molecule has 8 nitrogen and oxygen atoms in total. The first kappa shape index (κ1) is 15.1. The van der Waals surface area contributed by atoms with E-state index in [4.69, 9.17) is 5.73 Å². The first-order valence-electron chi connectivity index (χ1n) is 6.11. The van der Waals surface area contributed by atoms with E-state index in [9.17, 15) is 10.1 Å². The Morgan fingerprint density at radius 1 is 1.32 bits per heavy atom. The van der Waals surface area contributed by atoms with Gasteiger partial charge in [0.15, 0.2) is 0 Å². The Labute approximate surface area is 112 Å². The van der Waals surface area contributed by atoms with Crippen molar-refractivity contribution in [1.29, 1.82) is 0 Å². The molecule has 0 aliphatic heterocycles. The summed E-state index contributed by atoms with van der Waals surface area (Å²) in [5, 5.41) is 11.1. The first-order valence-corrected chi connectivity index (χ1v) is 6.11. The van der Waals surface area contributed by atoms with Crippen molar-refractivity contribution < 1.29 is 4.92 Å². The summed E-state index contributed by atoms with van der Waals surface area (Å²) in [5.41, 5.74) is 5.37. The van der Waals surface area contributed by atoms with E-state index in [0.717, 1.165) is 13.0 Å². The smallest absolute Gasteiger partial charge is 0.353 e. The Morgan fingerprint density at radius 3 is 2.53 bits per heavy atom. The molecule has 0 atom stereocenters. The molecule has 0 aliphatic rings. The van der Waals surface area contributed by atoms with E-state index in [1.165, 1.54) is 6.33 Å². The zero-order valence-electron chi connectivity index (χ0n) is 11.5. The topological polar surface area (TPSA) is 101 Å². The van der Waals surface area contributed by atoms with Gasteiger partial charge in [0.05, 0.1) is 4.92 Å². The number of likely N-dealkylation sites (N-methyl/N-ethyl adjacent to an activating group) is 1. The van der Waals surface area contributed by atoms with Crippen molar-refractivity contribution in [1.82, 2.24) is 14.9 Å². The molecule has 0 unspecified atom stereocenters. The fourth-order valence-electron chi connectivity index (χ4n) is 1.70. The normalized spacial score (nSPS) is 10.7. The summed E-state index contributed by atoms with van der Waals surface area (Å²) < 4.78 is 0. The lowest BCUT2D eigenvalue weighted by atomic mass is 10.3. The summed E-state index contributed by atoms with van der Waals surface area (Å²) in [5.74, 6) is 0.196. The van der Waals surface area contributed by atoms with Crippen molar-refractivity contribution in [3.8, 4) is 0 Å². The van der Waals surface area contributed by atoms with Crippen LogP contribution in [0.3, 0.4) is 0 Å². The van der Waals surface area contributed by atoms with Gasteiger partial charge in [0.1, 0.15) is 6.33 Å². The number of nitrogens with two attached hydrogens (primary N) is 1. The molecule has 1 heterocycles. The van der Waals surface area contributed by atoms with Gasteiger partial charge < -0.3 is 15.5 Å². The molecule has 2 N–H and O–H groups in total. The van der Waals surface area contributed by atoms with Crippen molar-refractivity contribution in [3.63, 3.8) is 0 Å². The maximum absolute atomic E-state index is 11.1. The van der Waals surface area contributed by atoms with E-state index in [1.807, 2.05) is 30.8 Å². The minimum Gasteiger partial charge on any atom is -0.378 e. The van der Waals surface area contributed by atoms with Crippen LogP contribution in [0.4, 0.5) is 17.3 Å². The SMILES string of the molecule is CCCN(CCN(C)C)c1ncnc(N)c1[N+](=O)[O-]. The van der Waals surface area contributed by atoms with Gasteiger partial charge in [0.2, 0.25) is 11.6 Å². The summed E-state index contributed by atoms with van der Waals surface area (Å²) in [6, 6.07) is 0. The quantitative estimate of drug-likeness (QED) is 0.575. The van der Waals surface area contributed by atoms with Crippen LogP contribution in [0, 0.1) is 10.1 Å². The summed E-state index contributed by atoms with van der Waals surface area (Å²) in [6.07, 6.45) is 2.13. The van der Waals surface area contributed by atoms with Crippen LogP contribution in [0.5, 0.6) is 0 Å².